The van der Waals surface area contributed by atoms with Crippen LogP contribution in [-0.2, 0) is 28.5 Å². The van der Waals surface area contributed by atoms with Gasteiger partial charge in [0.25, 0.3) is 0 Å². The van der Waals surface area contributed by atoms with Crippen molar-refractivity contribution < 1.29 is 33.6 Å². The molecule has 7 nitrogen and oxygen atoms in total. The van der Waals surface area contributed by atoms with E-state index in [4.69, 9.17) is 24.1 Å². The predicted molar refractivity (Wildman–Crippen MR) is 159 cm³/mol. The Morgan fingerprint density at radius 3 is 2.59 bits per heavy atom. The largest absolute Gasteiger partial charge is 0.481 e. The van der Waals surface area contributed by atoms with Gasteiger partial charge in [-0.2, -0.15) is 0 Å². The van der Waals surface area contributed by atoms with Crippen LogP contribution in [0, 0.1) is 11.8 Å². The van der Waals surface area contributed by atoms with Gasteiger partial charge < -0.3 is 24.1 Å². The van der Waals surface area contributed by atoms with E-state index in [1.54, 1.807) is 11.3 Å². The molecule has 2 aliphatic heterocycles. The van der Waals surface area contributed by atoms with Crippen LogP contribution in [0.5, 0.6) is 0 Å². The summed E-state index contributed by atoms with van der Waals surface area (Å²) in [6.07, 6.45) is 15.6. The average Bonchev–Trinajstić information content (AvgIpc) is 3.54. The SMILES string of the molecule is O=C(O)CCCC=CC[C@H]1C(=O)C[C@@H](OC2CCCCO2)[C@@H]1C=C[C@@H](OC1CCCCO1)c1cc2ccccc2s1. The number of benzene rings is 1. The normalized spacial score (nSPS) is 28.2. The van der Waals surface area contributed by atoms with E-state index < -0.39 is 5.97 Å². The third-order valence-electron chi connectivity index (χ3n) is 8.16. The molecule has 0 radical (unpaired) electrons. The lowest BCUT2D eigenvalue weighted by molar-refractivity contribution is -0.192. The van der Waals surface area contributed by atoms with Crippen molar-refractivity contribution in [2.75, 3.05) is 13.2 Å². The molecule has 2 unspecified atom stereocenters. The number of carbonyl (C=O) groups is 2. The Hall–Kier alpha value is -2.36. The highest BCUT2D eigenvalue weighted by Gasteiger charge is 2.42. The molecule has 1 saturated carbocycles. The molecule has 0 spiro atoms. The number of hydrogen-bond donors (Lipinski definition) is 1. The van der Waals surface area contributed by atoms with E-state index in [-0.39, 0.29) is 48.8 Å². The van der Waals surface area contributed by atoms with E-state index >= 15 is 0 Å². The smallest absolute Gasteiger partial charge is 0.303 e. The van der Waals surface area contributed by atoms with E-state index in [2.05, 4.69) is 36.4 Å². The number of thiophene rings is 1. The van der Waals surface area contributed by atoms with Gasteiger partial charge in [-0.3, -0.25) is 9.59 Å². The quantitative estimate of drug-likeness (QED) is 0.195. The van der Waals surface area contributed by atoms with Crippen molar-refractivity contribution in [1.82, 2.24) is 0 Å². The molecule has 2 aromatic rings. The number of ether oxygens (including phenoxy) is 4. The van der Waals surface area contributed by atoms with Gasteiger partial charge in [0.05, 0.1) is 6.10 Å². The topological polar surface area (TPSA) is 91.3 Å². The minimum absolute atomic E-state index is 0.107. The number of hydrogen-bond acceptors (Lipinski definition) is 7. The molecule has 41 heavy (non-hydrogen) atoms. The maximum absolute atomic E-state index is 13.3. The molecule has 3 fully saturated rings. The van der Waals surface area contributed by atoms with Crippen LogP contribution in [0.15, 0.2) is 54.6 Å². The van der Waals surface area contributed by atoms with E-state index in [9.17, 15) is 9.59 Å². The van der Waals surface area contributed by atoms with Crippen LogP contribution in [0.3, 0.4) is 0 Å². The standard InChI is InChI=1S/C33H42O7S/c34-26-22-28(40-33-16-8-10-20-38-33)25(24(26)12-3-1-2-4-14-31(35)36)17-18-27(39-32-15-7-9-19-37-32)30-21-23-11-5-6-13-29(23)41-30/h1,3,5-6,11,13,17-18,21,24-25,27-28,32-33H,2,4,7-10,12,14-16,19-20,22H2,(H,35,36)/t24-,25-,27-,28-,32?,33?/m1/s1. The van der Waals surface area contributed by atoms with Crippen LogP contribution < -0.4 is 0 Å². The first-order chi connectivity index (χ1) is 20.1. The molecular formula is C33H42O7S. The van der Waals surface area contributed by atoms with Crippen molar-refractivity contribution >= 4 is 33.2 Å². The number of ketones is 1. The maximum atomic E-state index is 13.3. The summed E-state index contributed by atoms with van der Waals surface area (Å²) in [5, 5.41) is 10.1. The Morgan fingerprint density at radius 1 is 1.07 bits per heavy atom. The first-order valence-electron chi connectivity index (χ1n) is 15.2. The fraction of sp³-hybridized carbons (Fsp3) is 0.576. The van der Waals surface area contributed by atoms with Crippen LogP contribution >= 0.6 is 11.3 Å². The number of aliphatic carboxylic acids is 1. The van der Waals surface area contributed by atoms with Gasteiger partial charge in [-0.1, -0.05) is 42.5 Å². The Morgan fingerprint density at radius 2 is 1.85 bits per heavy atom. The number of carboxylic acid groups (broad SMARTS) is 1. The van der Waals surface area contributed by atoms with Crippen molar-refractivity contribution in [2.24, 2.45) is 11.8 Å². The zero-order chi connectivity index (χ0) is 28.4. The van der Waals surface area contributed by atoms with Crippen LogP contribution in [0.4, 0.5) is 0 Å². The molecule has 6 atom stereocenters. The van der Waals surface area contributed by atoms with Crippen LogP contribution in [0.2, 0.25) is 0 Å². The van der Waals surface area contributed by atoms with Gasteiger partial charge in [0, 0.05) is 47.5 Å². The highest BCUT2D eigenvalue weighted by molar-refractivity contribution is 7.19. The molecule has 0 amide bonds. The number of Topliss-reactive ketones (excluding diaryl/α,β-unsaturated/α-hetero) is 1. The van der Waals surface area contributed by atoms with Gasteiger partial charge in [-0.25, -0.2) is 0 Å². The van der Waals surface area contributed by atoms with Crippen LogP contribution in [0.25, 0.3) is 10.1 Å². The van der Waals surface area contributed by atoms with Crippen molar-refractivity contribution in [3.05, 3.63) is 59.5 Å². The van der Waals surface area contributed by atoms with E-state index in [0.29, 0.717) is 38.9 Å². The highest BCUT2D eigenvalue weighted by Crippen LogP contribution is 2.39. The second-order valence-corrected chi connectivity index (χ2v) is 12.4. The number of rotatable bonds is 13. The number of allylic oxidation sites excluding steroid dienone is 2. The second-order valence-electron chi connectivity index (χ2n) is 11.2. The van der Waals surface area contributed by atoms with Gasteiger partial charge in [0.2, 0.25) is 0 Å². The monoisotopic (exact) mass is 582 g/mol. The Labute approximate surface area is 246 Å². The van der Waals surface area contributed by atoms with Crippen molar-refractivity contribution in [3.63, 3.8) is 0 Å². The van der Waals surface area contributed by atoms with E-state index in [0.717, 1.165) is 43.4 Å². The average molecular weight is 583 g/mol. The van der Waals surface area contributed by atoms with Crippen molar-refractivity contribution in [2.45, 2.75) is 95.4 Å². The molecule has 5 rings (SSSR count). The second kappa shape index (κ2) is 15.2. The summed E-state index contributed by atoms with van der Waals surface area (Å²) in [7, 11) is 0. The Balaban J connectivity index is 1.35. The predicted octanol–water partition coefficient (Wildman–Crippen LogP) is 7.36. The molecule has 2 saturated heterocycles. The minimum Gasteiger partial charge on any atom is -0.481 e. The summed E-state index contributed by atoms with van der Waals surface area (Å²) < 4.78 is 26.0. The first-order valence-corrected chi connectivity index (χ1v) is 16.0. The summed E-state index contributed by atoms with van der Waals surface area (Å²) in [6, 6.07) is 10.5. The summed E-state index contributed by atoms with van der Waals surface area (Å²) in [5.74, 6) is -0.895. The van der Waals surface area contributed by atoms with E-state index in [1.807, 2.05) is 18.2 Å². The summed E-state index contributed by atoms with van der Waals surface area (Å²) in [5.41, 5.74) is 0. The lowest BCUT2D eigenvalue weighted by Gasteiger charge is -2.29. The van der Waals surface area contributed by atoms with Gasteiger partial charge in [0.15, 0.2) is 12.6 Å². The zero-order valence-electron chi connectivity index (χ0n) is 23.7. The Bertz CT molecular complexity index is 1160. The lowest BCUT2D eigenvalue weighted by atomic mass is 9.90. The summed E-state index contributed by atoms with van der Waals surface area (Å²) in [6.45, 7) is 1.40. The number of carboxylic acids is 1. The number of fused-ring (bicyclic) bond motifs is 1. The Kier molecular flexibility index (Phi) is 11.2. The molecule has 1 aromatic carbocycles. The summed E-state index contributed by atoms with van der Waals surface area (Å²) in [4.78, 5) is 25.2. The first kappa shape index (κ1) is 30.1. The maximum Gasteiger partial charge on any atom is 0.303 e. The van der Waals surface area contributed by atoms with Gasteiger partial charge in [-0.05, 0) is 75.3 Å². The minimum atomic E-state index is -0.784. The summed E-state index contributed by atoms with van der Waals surface area (Å²) >= 11 is 1.73. The molecular weight excluding hydrogens is 540 g/mol. The molecule has 3 aliphatic rings. The fourth-order valence-electron chi connectivity index (χ4n) is 5.95. The van der Waals surface area contributed by atoms with Crippen LogP contribution in [0.1, 0.15) is 81.6 Å². The van der Waals surface area contributed by atoms with E-state index in [1.165, 1.54) is 10.1 Å². The molecule has 222 valence electrons. The molecule has 1 N–H and O–H groups in total. The molecule has 0 bridgehead atoms. The zero-order valence-corrected chi connectivity index (χ0v) is 24.5. The highest BCUT2D eigenvalue weighted by atomic mass is 32.1. The number of unbranched alkanes of at least 4 members (excludes halogenated alkanes) is 1. The molecule has 3 heterocycles. The van der Waals surface area contributed by atoms with Gasteiger partial charge in [0.1, 0.15) is 11.9 Å². The van der Waals surface area contributed by atoms with Crippen LogP contribution in [-0.4, -0.2) is 48.8 Å². The third kappa shape index (κ3) is 8.58. The lowest BCUT2D eigenvalue weighted by Crippen LogP contribution is -2.30. The number of carbonyl (C=O) groups excluding carboxylic acids is 1. The molecule has 1 aromatic heterocycles. The molecule has 8 heteroatoms. The third-order valence-corrected chi connectivity index (χ3v) is 9.34. The van der Waals surface area contributed by atoms with Crippen molar-refractivity contribution in [3.8, 4) is 0 Å². The fourth-order valence-corrected chi connectivity index (χ4v) is 7.03. The van der Waals surface area contributed by atoms with Crippen molar-refractivity contribution in [1.29, 1.82) is 0 Å². The van der Waals surface area contributed by atoms with Gasteiger partial charge >= 0.3 is 5.97 Å². The van der Waals surface area contributed by atoms with Gasteiger partial charge in [-0.15, -0.1) is 11.3 Å². The molecule has 1 aliphatic carbocycles.